The maximum absolute atomic E-state index is 4.05. The van der Waals surface area contributed by atoms with E-state index in [0.717, 1.165) is 0 Å². The lowest BCUT2D eigenvalue weighted by Gasteiger charge is -1.92. The van der Waals surface area contributed by atoms with Crippen molar-refractivity contribution in [3.63, 3.8) is 0 Å². The van der Waals surface area contributed by atoms with E-state index in [2.05, 4.69) is 41.7 Å². The minimum absolute atomic E-state index is 1.19. The summed E-state index contributed by atoms with van der Waals surface area (Å²) in [6.07, 6.45) is 4.91. The molecule has 2 heterocycles. The average Bonchev–Trinajstić information content (AvgIpc) is 2.87. The largest absolute Gasteiger partial charge is 0.264 e. The molecule has 0 aliphatic heterocycles. The second-order valence-electron chi connectivity index (χ2n) is 2.96. The summed E-state index contributed by atoms with van der Waals surface area (Å²) in [6, 6.07) is 6.11. The molecular weight excluding hydrogens is 214 g/mol. The van der Waals surface area contributed by atoms with Crippen molar-refractivity contribution in [2.24, 2.45) is 0 Å². The van der Waals surface area contributed by atoms with Crippen LogP contribution in [0.15, 0.2) is 41.4 Å². The predicted molar refractivity (Wildman–Crippen MR) is 74.9 cm³/mol. The SMILES string of the molecule is CC.CCC.c1cncc(-c2ccsc2)c1. The highest BCUT2D eigenvalue weighted by Gasteiger charge is 1.94. The fourth-order valence-corrected chi connectivity index (χ4v) is 1.63. The van der Waals surface area contributed by atoms with Crippen LogP contribution >= 0.6 is 11.3 Å². The number of aromatic nitrogens is 1. The fourth-order valence-electron chi connectivity index (χ4n) is 0.962. The van der Waals surface area contributed by atoms with Crippen LogP contribution in [-0.2, 0) is 0 Å². The van der Waals surface area contributed by atoms with Gasteiger partial charge in [-0.05, 0) is 28.5 Å². The van der Waals surface area contributed by atoms with Gasteiger partial charge in [0.1, 0.15) is 0 Å². The van der Waals surface area contributed by atoms with Gasteiger partial charge >= 0.3 is 0 Å². The Bertz CT molecular complexity index is 327. The Kier molecular flexibility index (Phi) is 9.63. The third-order valence-corrected chi connectivity index (χ3v) is 2.20. The van der Waals surface area contributed by atoms with E-state index < -0.39 is 0 Å². The summed E-state index contributed by atoms with van der Waals surface area (Å²) in [5.41, 5.74) is 2.44. The zero-order valence-electron chi connectivity index (χ0n) is 10.6. The Balaban J connectivity index is 0.000000394. The lowest BCUT2D eigenvalue weighted by Crippen LogP contribution is -1.73. The number of nitrogens with zero attached hydrogens (tertiary/aromatic N) is 1. The summed E-state index contributed by atoms with van der Waals surface area (Å²) in [5, 5.41) is 4.19. The highest BCUT2D eigenvalue weighted by atomic mass is 32.1. The van der Waals surface area contributed by atoms with Crippen LogP contribution in [0.3, 0.4) is 0 Å². The number of rotatable bonds is 1. The number of hydrogen-bond donors (Lipinski definition) is 0. The van der Waals surface area contributed by atoms with Crippen LogP contribution in [0.5, 0.6) is 0 Å². The zero-order valence-corrected chi connectivity index (χ0v) is 11.4. The van der Waals surface area contributed by atoms with Crippen LogP contribution in [0.2, 0.25) is 0 Å². The minimum atomic E-state index is 1.19. The van der Waals surface area contributed by atoms with E-state index in [9.17, 15) is 0 Å². The quantitative estimate of drug-likeness (QED) is 0.657. The number of hydrogen-bond acceptors (Lipinski definition) is 2. The molecule has 0 fully saturated rings. The van der Waals surface area contributed by atoms with Gasteiger partial charge in [0.15, 0.2) is 0 Å². The average molecular weight is 235 g/mol. The van der Waals surface area contributed by atoms with E-state index in [1.807, 2.05) is 26.1 Å². The highest BCUT2D eigenvalue weighted by molar-refractivity contribution is 7.08. The molecule has 2 heteroatoms. The molecule has 0 amide bonds. The molecule has 0 aliphatic rings. The van der Waals surface area contributed by atoms with Gasteiger partial charge < -0.3 is 0 Å². The third kappa shape index (κ3) is 5.66. The normalized spacial score (nSPS) is 8.25. The highest BCUT2D eigenvalue weighted by Crippen LogP contribution is 2.19. The molecule has 2 aromatic rings. The van der Waals surface area contributed by atoms with Crippen molar-refractivity contribution in [2.75, 3.05) is 0 Å². The molecule has 0 unspecified atom stereocenters. The van der Waals surface area contributed by atoms with E-state index >= 15 is 0 Å². The van der Waals surface area contributed by atoms with E-state index in [4.69, 9.17) is 0 Å². The van der Waals surface area contributed by atoms with Crippen molar-refractivity contribution in [3.8, 4) is 11.1 Å². The monoisotopic (exact) mass is 235 g/mol. The molecular formula is C14H21NS. The van der Waals surface area contributed by atoms with Crippen LogP contribution in [0.25, 0.3) is 11.1 Å². The zero-order chi connectivity index (χ0) is 12.2. The lowest BCUT2D eigenvalue weighted by molar-refractivity contribution is 1.09. The smallest absolute Gasteiger partial charge is 0.0346 e. The van der Waals surface area contributed by atoms with Crippen molar-refractivity contribution in [1.29, 1.82) is 0 Å². The van der Waals surface area contributed by atoms with Crippen LogP contribution < -0.4 is 0 Å². The molecule has 2 aromatic heterocycles. The van der Waals surface area contributed by atoms with Gasteiger partial charge in [-0.25, -0.2) is 0 Å². The van der Waals surface area contributed by atoms with Crippen LogP contribution in [0.1, 0.15) is 34.1 Å². The van der Waals surface area contributed by atoms with Crippen LogP contribution in [0, 0.1) is 0 Å². The molecule has 1 nitrogen and oxygen atoms in total. The van der Waals surface area contributed by atoms with Crippen molar-refractivity contribution < 1.29 is 0 Å². The maximum atomic E-state index is 4.05. The second kappa shape index (κ2) is 10.4. The van der Waals surface area contributed by atoms with Gasteiger partial charge in [-0.3, -0.25) is 4.98 Å². The van der Waals surface area contributed by atoms with Gasteiger partial charge in [0.2, 0.25) is 0 Å². The van der Waals surface area contributed by atoms with E-state index in [1.165, 1.54) is 17.5 Å². The molecule has 0 saturated carbocycles. The molecule has 0 radical (unpaired) electrons. The van der Waals surface area contributed by atoms with Crippen molar-refractivity contribution in [2.45, 2.75) is 34.1 Å². The lowest BCUT2D eigenvalue weighted by atomic mass is 10.2. The summed E-state index contributed by atoms with van der Waals surface area (Å²) in [7, 11) is 0. The van der Waals surface area contributed by atoms with Gasteiger partial charge in [0.05, 0.1) is 0 Å². The van der Waals surface area contributed by atoms with Crippen molar-refractivity contribution in [1.82, 2.24) is 4.98 Å². The summed E-state index contributed by atoms with van der Waals surface area (Å²) >= 11 is 1.71. The number of pyridine rings is 1. The molecule has 0 aromatic carbocycles. The van der Waals surface area contributed by atoms with Gasteiger partial charge in [-0.1, -0.05) is 40.2 Å². The van der Waals surface area contributed by atoms with Crippen LogP contribution in [0.4, 0.5) is 0 Å². The Hall–Kier alpha value is -1.15. The molecule has 16 heavy (non-hydrogen) atoms. The van der Waals surface area contributed by atoms with E-state index in [-0.39, 0.29) is 0 Å². The first-order valence-electron chi connectivity index (χ1n) is 5.81. The van der Waals surface area contributed by atoms with Crippen molar-refractivity contribution >= 4 is 11.3 Å². The molecule has 0 atom stereocenters. The summed E-state index contributed by atoms with van der Waals surface area (Å²) < 4.78 is 0. The molecule has 88 valence electrons. The van der Waals surface area contributed by atoms with Gasteiger partial charge in [-0.15, -0.1) is 0 Å². The van der Waals surface area contributed by atoms with Gasteiger partial charge in [0, 0.05) is 18.0 Å². The third-order valence-electron chi connectivity index (χ3n) is 1.52. The minimum Gasteiger partial charge on any atom is -0.264 e. The second-order valence-corrected chi connectivity index (χ2v) is 3.74. The molecule has 2 rings (SSSR count). The Morgan fingerprint density at radius 2 is 1.81 bits per heavy atom. The van der Waals surface area contributed by atoms with E-state index in [0.29, 0.717) is 0 Å². The summed E-state index contributed by atoms with van der Waals surface area (Å²) in [4.78, 5) is 4.05. The molecule has 0 bridgehead atoms. The fraction of sp³-hybridized carbons (Fsp3) is 0.357. The van der Waals surface area contributed by atoms with Crippen molar-refractivity contribution in [3.05, 3.63) is 41.4 Å². The first-order valence-corrected chi connectivity index (χ1v) is 6.75. The topological polar surface area (TPSA) is 12.9 Å². The standard InChI is InChI=1S/C9H7NS.C3H8.C2H6/c1-2-8(6-10-4-1)9-3-5-11-7-9;1-3-2;1-2/h1-7H;3H2,1-2H3;1-2H3. The summed E-state index contributed by atoms with van der Waals surface area (Å²) in [6.45, 7) is 8.25. The molecule has 0 saturated heterocycles. The first kappa shape index (κ1) is 14.8. The van der Waals surface area contributed by atoms with E-state index in [1.54, 1.807) is 17.5 Å². The maximum Gasteiger partial charge on any atom is 0.0346 e. The molecule has 0 spiro atoms. The van der Waals surface area contributed by atoms with Crippen LogP contribution in [-0.4, -0.2) is 4.98 Å². The first-order chi connectivity index (χ1) is 7.88. The molecule has 0 aliphatic carbocycles. The van der Waals surface area contributed by atoms with Gasteiger partial charge in [0.25, 0.3) is 0 Å². The Morgan fingerprint density at radius 3 is 2.25 bits per heavy atom. The number of thiophene rings is 1. The summed E-state index contributed by atoms with van der Waals surface area (Å²) in [5.74, 6) is 0. The Morgan fingerprint density at radius 1 is 1.12 bits per heavy atom. The Labute approximate surface area is 103 Å². The molecule has 0 N–H and O–H groups in total. The predicted octanol–water partition coefficient (Wildman–Crippen LogP) is 5.25. The van der Waals surface area contributed by atoms with Gasteiger partial charge in [-0.2, -0.15) is 11.3 Å².